The maximum Gasteiger partial charge on any atom is 0.0890 e. The van der Waals surface area contributed by atoms with Crippen LogP contribution in [-0.4, -0.2) is 15.0 Å². The van der Waals surface area contributed by atoms with Gasteiger partial charge in [0.15, 0.2) is 0 Å². The minimum Gasteiger partial charge on any atom is -0.319 e. The minimum absolute atomic E-state index is 0.296. The standard InChI is InChI=1S/C14H12N4/c15-14(10-4-3-7-16-8-10)13-9-17-11-5-1-2-6-12(11)18-13/h1-9,14H,15H2. The third-order valence-corrected chi connectivity index (χ3v) is 2.83. The summed E-state index contributed by atoms with van der Waals surface area (Å²) in [4.78, 5) is 13.0. The fraction of sp³-hybridized carbons (Fsp3) is 0.0714. The zero-order valence-corrected chi connectivity index (χ0v) is 9.69. The smallest absolute Gasteiger partial charge is 0.0890 e. The van der Waals surface area contributed by atoms with Crippen LogP contribution in [0, 0.1) is 0 Å². The van der Waals surface area contributed by atoms with Gasteiger partial charge in [-0.1, -0.05) is 18.2 Å². The molecule has 0 spiro atoms. The Hall–Kier alpha value is -2.33. The van der Waals surface area contributed by atoms with Crippen molar-refractivity contribution in [3.05, 3.63) is 66.2 Å². The van der Waals surface area contributed by atoms with Gasteiger partial charge < -0.3 is 5.73 Å². The van der Waals surface area contributed by atoms with Gasteiger partial charge in [-0.05, 0) is 23.8 Å². The van der Waals surface area contributed by atoms with E-state index in [1.54, 1.807) is 18.6 Å². The molecule has 0 saturated carbocycles. The molecule has 1 aromatic carbocycles. The van der Waals surface area contributed by atoms with Gasteiger partial charge >= 0.3 is 0 Å². The first-order chi connectivity index (χ1) is 8.84. The third kappa shape index (κ3) is 1.94. The minimum atomic E-state index is -0.296. The van der Waals surface area contributed by atoms with Gasteiger partial charge in [-0.3, -0.25) is 9.97 Å². The second-order valence-electron chi connectivity index (χ2n) is 4.05. The van der Waals surface area contributed by atoms with Gasteiger partial charge in [-0.25, -0.2) is 4.98 Å². The Labute approximate surface area is 105 Å². The van der Waals surface area contributed by atoms with Gasteiger partial charge in [0.25, 0.3) is 0 Å². The molecule has 1 unspecified atom stereocenters. The zero-order valence-electron chi connectivity index (χ0n) is 9.69. The molecule has 2 heterocycles. The average Bonchev–Trinajstić information content (AvgIpc) is 2.47. The Morgan fingerprint density at radius 2 is 1.78 bits per heavy atom. The Kier molecular flexibility index (Phi) is 2.70. The maximum atomic E-state index is 6.16. The van der Waals surface area contributed by atoms with E-state index in [1.807, 2.05) is 36.4 Å². The highest BCUT2D eigenvalue weighted by Gasteiger charge is 2.11. The number of rotatable bonds is 2. The predicted molar refractivity (Wildman–Crippen MR) is 69.8 cm³/mol. The van der Waals surface area contributed by atoms with Crippen LogP contribution in [0.15, 0.2) is 55.0 Å². The molecule has 3 rings (SSSR count). The van der Waals surface area contributed by atoms with Gasteiger partial charge in [0.05, 0.1) is 29.0 Å². The second-order valence-corrected chi connectivity index (χ2v) is 4.05. The number of benzene rings is 1. The van der Waals surface area contributed by atoms with Crippen LogP contribution in [0.25, 0.3) is 11.0 Å². The van der Waals surface area contributed by atoms with E-state index in [0.717, 1.165) is 22.3 Å². The van der Waals surface area contributed by atoms with Crippen LogP contribution in [0.5, 0.6) is 0 Å². The Morgan fingerprint density at radius 1 is 0.944 bits per heavy atom. The second kappa shape index (κ2) is 4.50. The topological polar surface area (TPSA) is 64.7 Å². The van der Waals surface area contributed by atoms with E-state index < -0.39 is 0 Å². The van der Waals surface area contributed by atoms with E-state index >= 15 is 0 Å². The number of hydrogen-bond acceptors (Lipinski definition) is 4. The van der Waals surface area contributed by atoms with Crippen LogP contribution in [0.4, 0.5) is 0 Å². The molecule has 0 radical (unpaired) electrons. The first kappa shape index (κ1) is 10.8. The number of nitrogens with zero attached hydrogens (tertiary/aromatic N) is 3. The molecule has 0 saturated heterocycles. The van der Waals surface area contributed by atoms with E-state index in [1.165, 1.54) is 0 Å². The molecule has 88 valence electrons. The Balaban J connectivity index is 2.04. The summed E-state index contributed by atoms with van der Waals surface area (Å²) >= 11 is 0. The van der Waals surface area contributed by atoms with Gasteiger partial charge in [-0.15, -0.1) is 0 Å². The molecule has 2 aromatic heterocycles. The van der Waals surface area contributed by atoms with Crippen LogP contribution < -0.4 is 5.73 Å². The number of para-hydroxylation sites is 2. The highest BCUT2D eigenvalue weighted by atomic mass is 14.8. The van der Waals surface area contributed by atoms with E-state index in [4.69, 9.17) is 5.73 Å². The lowest BCUT2D eigenvalue weighted by Crippen LogP contribution is -2.14. The molecule has 1 atom stereocenters. The molecular formula is C14H12N4. The maximum absolute atomic E-state index is 6.16. The SMILES string of the molecule is NC(c1cccnc1)c1cnc2ccccc2n1. The third-order valence-electron chi connectivity index (χ3n) is 2.83. The van der Waals surface area contributed by atoms with E-state index in [0.29, 0.717) is 0 Å². The number of fused-ring (bicyclic) bond motifs is 1. The first-order valence-electron chi connectivity index (χ1n) is 5.72. The van der Waals surface area contributed by atoms with Crippen LogP contribution in [0.1, 0.15) is 17.3 Å². The quantitative estimate of drug-likeness (QED) is 0.739. The van der Waals surface area contributed by atoms with E-state index in [9.17, 15) is 0 Å². The van der Waals surface area contributed by atoms with Crippen molar-refractivity contribution in [2.75, 3.05) is 0 Å². The first-order valence-corrected chi connectivity index (χ1v) is 5.72. The molecule has 0 bridgehead atoms. The summed E-state index contributed by atoms with van der Waals surface area (Å²) in [5, 5.41) is 0. The summed E-state index contributed by atoms with van der Waals surface area (Å²) in [7, 11) is 0. The molecule has 0 fully saturated rings. The lowest BCUT2D eigenvalue weighted by molar-refractivity contribution is 0.822. The molecule has 4 nitrogen and oxygen atoms in total. The average molecular weight is 236 g/mol. The fourth-order valence-electron chi connectivity index (χ4n) is 1.85. The van der Waals surface area contributed by atoms with Gasteiger partial charge in [-0.2, -0.15) is 0 Å². The molecule has 18 heavy (non-hydrogen) atoms. The molecular weight excluding hydrogens is 224 g/mol. The van der Waals surface area contributed by atoms with E-state index in [2.05, 4.69) is 15.0 Å². The molecule has 0 aliphatic rings. The highest BCUT2D eigenvalue weighted by molar-refractivity contribution is 5.73. The predicted octanol–water partition coefficient (Wildman–Crippen LogP) is 2.07. The van der Waals surface area contributed by atoms with Gasteiger partial charge in [0.2, 0.25) is 0 Å². The van der Waals surface area contributed by atoms with Crippen molar-refractivity contribution in [3.63, 3.8) is 0 Å². The summed E-state index contributed by atoms with van der Waals surface area (Å²) in [6, 6.07) is 11.3. The summed E-state index contributed by atoms with van der Waals surface area (Å²) in [5.41, 5.74) is 9.58. The Bertz CT molecular complexity index is 667. The lowest BCUT2D eigenvalue weighted by atomic mass is 10.1. The summed E-state index contributed by atoms with van der Waals surface area (Å²) in [5.74, 6) is 0. The molecule has 0 aliphatic carbocycles. The summed E-state index contributed by atoms with van der Waals surface area (Å²) < 4.78 is 0. The molecule has 2 N–H and O–H groups in total. The molecule has 4 heteroatoms. The summed E-state index contributed by atoms with van der Waals surface area (Å²) in [6.07, 6.45) is 5.20. The van der Waals surface area contributed by atoms with Crippen molar-refractivity contribution in [3.8, 4) is 0 Å². The van der Waals surface area contributed by atoms with E-state index in [-0.39, 0.29) is 6.04 Å². The number of pyridine rings is 1. The largest absolute Gasteiger partial charge is 0.319 e. The summed E-state index contributed by atoms with van der Waals surface area (Å²) in [6.45, 7) is 0. The number of aromatic nitrogens is 3. The van der Waals surface area contributed by atoms with Crippen LogP contribution in [0.3, 0.4) is 0 Å². The molecule has 3 aromatic rings. The van der Waals surface area contributed by atoms with Crippen molar-refractivity contribution >= 4 is 11.0 Å². The van der Waals surface area contributed by atoms with Crippen molar-refractivity contribution in [1.82, 2.24) is 15.0 Å². The highest BCUT2D eigenvalue weighted by Crippen LogP contribution is 2.18. The molecule has 0 aliphatic heterocycles. The van der Waals surface area contributed by atoms with Gasteiger partial charge in [0, 0.05) is 12.4 Å². The number of hydrogen-bond donors (Lipinski definition) is 1. The van der Waals surface area contributed by atoms with Crippen LogP contribution in [0.2, 0.25) is 0 Å². The Morgan fingerprint density at radius 3 is 2.56 bits per heavy atom. The molecule has 0 amide bonds. The number of nitrogens with two attached hydrogens (primary N) is 1. The van der Waals surface area contributed by atoms with Crippen molar-refractivity contribution in [1.29, 1.82) is 0 Å². The fourth-order valence-corrected chi connectivity index (χ4v) is 1.85. The monoisotopic (exact) mass is 236 g/mol. The normalized spacial score (nSPS) is 12.5. The van der Waals surface area contributed by atoms with Crippen molar-refractivity contribution in [2.24, 2.45) is 5.73 Å². The van der Waals surface area contributed by atoms with Crippen LogP contribution in [-0.2, 0) is 0 Å². The van der Waals surface area contributed by atoms with Crippen molar-refractivity contribution < 1.29 is 0 Å². The lowest BCUT2D eigenvalue weighted by Gasteiger charge is -2.11. The zero-order chi connectivity index (χ0) is 12.4. The van der Waals surface area contributed by atoms with Crippen molar-refractivity contribution in [2.45, 2.75) is 6.04 Å². The van der Waals surface area contributed by atoms with Gasteiger partial charge in [0.1, 0.15) is 0 Å². The van der Waals surface area contributed by atoms with Crippen LogP contribution >= 0.6 is 0 Å².